The van der Waals surface area contributed by atoms with Gasteiger partial charge >= 0.3 is 0 Å². The van der Waals surface area contributed by atoms with Crippen LogP contribution < -0.4 is 10.1 Å². The topological polar surface area (TPSA) is 133 Å². The molecule has 0 aliphatic carbocycles. The van der Waals surface area contributed by atoms with E-state index in [-0.39, 0.29) is 10.4 Å². The molecule has 0 saturated carbocycles. The van der Waals surface area contributed by atoms with Crippen molar-refractivity contribution in [2.75, 3.05) is 26.0 Å². The third-order valence-corrected chi connectivity index (χ3v) is 9.07. The highest BCUT2D eigenvalue weighted by molar-refractivity contribution is 7.90. The van der Waals surface area contributed by atoms with Crippen molar-refractivity contribution in [1.29, 1.82) is 0 Å². The lowest BCUT2D eigenvalue weighted by Gasteiger charge is -2.44. The molecule has 1 fully saturated rings. The van der Waals surface area contributed by atoms with Gasteiger partial charge in [0.25, 0.3) is 5.19 Å². The highest BCUT2D eigenvalue weighted by atomic mass is 32.2. The summed E-state index contributed by atoms with van der Waals surface area (Å²) < 4.78 is 35.4. The van der Waals surface area contributed by atoms with Gasteiger partial charge in [-0.15, -0.1) is 5.10 Å². The molecule has 1 saturated heterocycles. The summed E-state index contributed by atoms with van der Waals surface area (Å²) in [5.41, 5.74) is 2.63. The van der Waals surface area contributed by atoms with Crippen LogP contribution in [-0.2, 0) is 15.3 Å². The molecule has 10 nitrogen and oxygen atoms in total. The zero-order valence-corrected chi connectivity index (χ0v) is 22.9. The van der Waals surface area contributed by atoms with Gasteiger partial charge in [0.1, 0.15) is 10.3 Å². The average molecular weight is 543 g/mol. The van der Waals surface area contributed by atoms with Crippen molar-refractivity contribution in [3.63, 3.8) is 0 Å². The summed E-state index contributed by atoms with van der Waals surface area (Å²) in [5, 5.41) is 11.8. The van der Waals surface area contributed by atoms with Crippen molar-refractivity contribution >= 4 is 31.5 Å². The van der Waals surface area contributed by atoms with Crippen molar-refractivity contribution in [1.82, 2.24) is 30.6 Å². The van der Waals surface area contributed by atoms with E-state index in [9.17, 15) is 8.42 Å². The minimum absolute atomic E-state index is 0.0515. The first kappa shape index (κ1) is 25.7. The predicted molar refractivity (Wildman–Crippen MR) is 140 cm³/mol. The summed E-state index contributed by atoms with van der Waals surface area (Å²) in [4.78, 5) is 14.4. The second-order valence-electron chi connectivity index (χ2n) is 9.90. The molecule has 0 amide bonds. The van der Waals surface area contributed by atoms with Gasteiger partial charge in [-0.3, -0.25) is 0 Å². The number of nitrogens with one attached hydrogen (secondary N) is 1. The zero-order valence-electron chi connectivity index (χ0n) is 21.3. The standard InChI is InChI=1S/C25H30N6O4S2/c1-15(2)18-13-26-11-9-25(18,21-14-27-31-35-21)10-12-34-24-30-20-7-6-19(29-23(20)36-24)17-5-8-22(28-16(17)3)37(4,32)33/h5-8,14-15,18,26H,9-13H2,1-4H3/t18?,25-/m1/s1. The van der Waals surface area contributed by atoms with E-state index in [1.165, 1.54) is 17.4 Å². The number of pyridine rings is 2. The maximum absolute atomic E-state index is 11.8. The SMILES string of the molecule is Cc1nc(S(C)(=O)=O)ccc1-c1ccc2nc(OCC[C@]3(c4cnno4)CCNCC3C(C)C)sc2n1. The fourth-order valence-electron chi connectivity index (χ4n) is 5.29. The Labute approximate surface area is 219 Å². The number of piperidine rings is 1. The smallest absolute Gasteiger partial charge is 0.275 e. The number of hydrogen-bond donors (Lipinski definition) is 1. The van der Waals surface area contributed by atoms with E-state index in [2.05, 4.69) is 39.5 Å². The minimum Gasteiger partial charge on any atom is -0.470 e. The van der Waals surface area contributed by atoms with E-state index in [1.807, 2.05) is 12.1 Å². The van der Waals surface area contributed by atoms with Crippen LogP contribution in [0.3, 0.4) is 0 Å². The Bertz CT molecular complexity index is 1500. The first-order chi connectivity index (χ1) is 17.7. The summed E-state index contributed by atoms with van der Waals surface area (Å²) in [6.07, 6.45) is 4.58. The van der Waals surface area contributed by atoms with Crippen LogP contribution in [0.1, 0.15) is 38.1 Å². The number of ether oxygens (including phenoxy) is 1. The maximum atomic E-state index is 11.8. The minimum atomic E-state index is -3.37. The molecule has 4 aromatic heterocycles. The molecular formula is C25H30N6O4S2. The molecule has 0 spiro atoms. The number of sulfone groups is 1. The number of fused-ring (bicyclic) bond motifs is 1. The highest BCUT2D eigenvalue weighted by Crippen LogP contribution is 2.44. The van der Waals surface area contributed by atoms with Gasteiger partial charge in [-0.1, -0.05) is 25.2 Å². The van der Waals surface area contributed by atoms with E-state index >= 15 is 0 Å². The van der Waals surface area contributed by atoms with Gasteiger partial charge in [0.15, 0.2) is 20.6 Å². The summed E-state index contributed by atoms with van der Waals surface area (Å²) >= 11 is 1.39. The molecule has 1 aliphatic rings. The maximum Gasteiger partial charge on any atom is 0.275 e. The molecule has 1 unspecified atom stereocenters. The van der Waals surface area contributed by atoms with E-state index in [4.69, 9.17) is 14.2 Å². The van der Waals surface area contributed by atoms with Crippen molar-refractivity contribution < 1.29 is 17.7 Å². The van der Waals surface area contributed by atoms with E-state index < -0.39 is 9.84 Å². The Morgan fingerprint density at radius 2 is 2.05 bits per heavy atom. The molecule has 4 aromatic rings. The van der Waals surface area contributed by atoms with Crippen LogP contribution in [0.5, 0.6) is 5.19 Å². The molecule has 5 rings (SSSR count). The summed E-state index contributed by atoms with van der Waals surface area (Å²) in [7, 11) is -3.37. The largest absolute Gasteiger partial charge is 0.470 e. The lowest BCUT2D eigenvalue weighted by molar-refractivity contribution is 0.0902. The van der Waals surface area contributed by atoms with Crippen LogP contribution in [0.15, 0.2) is 40.0 Å². The lowest BCUT2D eigenvalue weighted by Crippen LogP contribution is -2.50. The number of aromatic nitrogens is 5. The van der Waals surface area contributed by atoms with Crippen LogP contribution in [0.25, 0.3) is 21.6 Å². The molecule has 0 bridgehead atoms. The first-order valence-electron chi connectivity index (χ1n) is 12.2. The van der Waals surface area contributed by atoms with Crippen molar-refractivity contribution in [3.05, 3.63) is 41.9 Å². The van der Waals surface area contributed by atoms with Crippen LogP contribution >= 0.6 is 11.3 Å². The molecule has 1 N–H and O–H groups in total. The number of rotatable bonds is 8. The molecular weight excluding hydrogens is 512 g/mol. The Morgan fingerprint density at radius 1 is 1.22 bits per heavy atom. The third-order valence-electron chi connectivity index (χ3n) is 7.20. The molecule has 0 radical (unpaired) electrons. The monoisotopic (exact) mass is 542 g/mol. The second-order valence-corrected chi connectivity index (χ2v) is 12.8. The van der Waals surface area contributed by atoms with Crippen LogP contribution in [0, 0.1) is 18.8 Å². The van der Waals surface area contributed by atoms with Gasteiger partial charge in [0.05, 0.1) is 18.5 Å². The molecule has 2 atom stereocenters. The molecule has 12 heteroatoms. The average Bonchev–Trinajstić information content (AvgIpc) is 3.53. The fraction of sp³-hybridized carbons (Fsp3) is 0.480. The van der Waals surface area contributed by atoms with Crippen LogP contribution in [-0.4, -0.2) is 59.7 Å². The van der Waals surface area contributed by atoms with Crippen molar-refractivity contribution in [2.24, 2.45) is 11.8 Å². The normalized spacial score (nSPS) is 20.5. The van der Waals surface area contributed by atoms with Gasteiger partial charge in [0, 0.05) is 28.2 Å². The molecule has 5 heterocycles. The summed E-state index contributed by atoms with van der Waals surface area (Å²) in [5.74, 6) is 1.63. The number of aryl methyl sites for hydroxylation is 1. The third kappa shape index (κ3) is 5.10. The number of thiazole rings is 1. The Balaban J connectivity index is 1.35. The Hall–Kier alpha value is -2.96. The van der Waals surface area contributed by atoms with Gasteiger partial charge in [-0.2, -0.15) is 0 Å². The number of hydrogen-bond acceptors (Lipinski definition) is 11. The Kier molecular flexibility index (Phi) is 6.99. The van der Waals surface area contributed by atoms with Gasteiger partial charge < -0.3 is 14.6 Å². The zero-order chi connectivity index (χ0) is 26.2. The predicted octanol–water partition coefficient (Wildman–Crippen LogP) is 3.82. The lowest BCUT2D eigenvalue weighted by atomic mass is 9.63. The van der Waals surface area contributed by atoms with E-state index in [0.717, 1.165) is 53.9 Å². The van der Waals surface area contributed by atoms with E-state index in [0.29, 0.717) is 35.0 Å². The number of nitrogens with zero attached hydrogens (tertiary/aromatic N) is 5. The quantitative estimate of drug-likeness (QED) is 0.350. The first-order valence-corrected chi connectivity index (χ1v) is 15.0. The fourth-order valence-corrected chi connectivity index (χ4v) is 6.73. The molecule has 37 heavy (non-hydrogen) atoms. The molecule has 1 aliphatic heterocycles. The summed E-state index contributed by atoms with van der Waals surface area (Å²) in [6.45, 7) is 8.54. The van der Waals surface area contributed by atoms with Crippen molar-refractivity contribution in [2.45, 2.75) is 44.1 Å². The molecule has 196 valence electrons. The van der Waals surface area contributed by atoms with Gasteiger partial charge in [0.2, 0.25) is 0 Å². The van der Waals surface area contributed by atoms with Gasteiger partial charge in [-0.05, 0) is 69.0 Å². The van der Waals surface area contributed by atoms with Crippen LogP contribution in [0.4, 0.5) is 0 Å². The highest BCUT2D eigenvalue weighted by Gasteiger charge is 2.46. The van der Waals surface area contributed by atoms with E-state index in [1.54, 1.807) is 19.2 Å². The Morgan fingerprint density at radius 3 is 2.76 bits per heavy atom. The summed E-state index contributed by atoms with van der Waals surface area (Å²) in [6, 6.07) is 7.02. The van der Waals surface area contributed by atoms with Gasteiger partial charge in [-0.25, -0.2) is 23.4 Å². The van der Waals surface area contributed by atoms with Crippen molar-refractivity contribution in [3.8, 4) is 16.5 Å². The second kappa shape index (κ2) is 10.1. The van der Waals surface area contributed by atoms with Crippen LogP contribution in [0.2, 0.25) is 0 Å². The molecule has 0 aromatic carbocycles.